The maximum Gasteiger partial charge on any atom is 0.407 e. The lowest BCUT2D eigenvalue weighted by molar-refractivity contribution is -0.145. The molecule has 5 atom stereocenters. The fraction of sp³-hybridized carbons (Fsp3) is 0.568. The Bertz CT molecular complexity index is 1850. The maximum atomic E-state index is 14.8. The summed E-state index contributed by atoms with van der Waals surface area (Å²) in [5, 5.41) is 19.7. The van der Waals surface area contributed by atoms with E-state index in [0.717, 1.165) is 29.1 Å². The number of carbonyl (C=O) groups excluding carboxylic acids is 6. The van der Waals surface area contributed by atoms with Gasteiger partial charge in [-0.3, -0.25) is 24.0 Å². The molecule has 2 saturated heterocycles. The summed E-state index contributed by atoms with van der Waals surface area (Å²) in [5.74, 6) is -3.81. The molecule has 2 aromatic rings. The van der Waals surface area contributed by atoms with Gasteiger partial charge in [-0.25, -0.2) is 9.59 Å². The fourth-order valence-corrected chi connectivity index (χ4v) is 10.3. The normalized spacial score (nSPS) is 18.0. The van der Waals surface area contributed by atoms with Crippen molar-refractivity contribution in [3.63, 3.8) is 0 Å². The summed E-state index contributed by atoms with van der Waals surface area (Å²) >= 11 is 3.33. The van der Waals surface area contributed by atoms with E-state index in [1.807, 2.05) is 38.1 Å². The van der Waals surface area contributed by atoms with Crippen molar-refractivity contribution >= 4 is 65.0 Å². The lowest BCUT2D eigenvalue weighted by Gasteiger charge is -2.33. The third kappa shape index (κ3) is 14.2. The van der Waals surface area contributed by atoms with Gasteiger partial charge in [-0.1, -0.05) is 103 Å². The number of hydrogen-bond donors (Lipinski definition) is 5. The molecule has 0 radical (unpaired) electrons. The Kier molecular flexibility index (Phi) is 18.1. The Labute approximate surface area is 367 Å². The van der Waals surface area contributed by atoms with E-state index in [4.69, 9.17) is 9.47 Å². The molecule has 2 fully saturated rings. The van der Waals surface area contributed by atoms with Gasteiger partial charge < -0.3 is 40.7 Å². The van der Waals surface area contributed by atoms with Crippen LogP contribution in [-0.2, 0) is 50.3 Å². The standard InChI is InChI=1S/C44H61N5O10S2/c1-8-13-32(37(51)39(53)45-23-34(50)47-36(41(55)56)30-14-10-9-11-15-30)46-38(52)33-22-44(60-20-12-21-61-44)26-49(33)40(54)35(48-42(57)59-24-27(2)3)28(4)58-25-29-16-18-31(19-17-29)43(5,6)7/h9-11,14-19,27-28,32-33,35-36H,8,12-13,20-26H2,1-7H3,(H,45,53)(H,46,52)(H,47,50)(H,48,57)(H,55,56)/t28?,32?,33-,35-,36-/m0/s1. The van der Waals surface area contributed by atoms with Crippen LogP contribution < -0.4 is 21.3 Å². The molecule has 5 amide bonds. The van der Waals surface area contributed by atoms with E-state index in [1.54, 1.807) is 55.6 Å². The molecule has 2 aliphatic rings. The van der Waals surface area contributed by atoms with Crippen LogP contribution in [0, 0.1) is 5.92 Å². The van der Waals surface area contributed by atoms with E-state index in [0.29, 0.717) is 12.0 Å². The zero-order chi connectivity index (χ0) is 44.9. The number of carbonyl (C=O) groups is 7. The number of carboxylic acids is 1. The predicted molar refractivity (Wildman–Crippen MR) is 235 cm³/mol. The molecule has 17 heteroatoms. The first-order valence-corrected chi connectivity index (χ1v) is 22.7. The van der Waals surface area contributed by atoms with Crippen molar-refractivity contribution in [3.8, 4) is 0 Å². The van der Waals surface area contributed by atoms with Crippen LogP contribution in [0.1, 0.15) is 96.9 Å². The molecule has 0 bridgehead atoms. The van der Waals surface area contributed by atoms with Crippen LogP contribution in [0.2, 0.25) is 0 Å². The number of ketones is 1. The molecular weight excluding hydrogens is 823 g/mol. The average Bonchev–Trinajstić information content (AvgIpc) is 3.60. The molecule has 2 heterocycles. The van der Waals surface area contributed by atoms with Gasteiger partial charge in [0.15, 0.2) is 6.04 Å². The number of alkyl carbamates (subject to hydrolysis) is 1. The first-order chi connectivity index (χ1) is 28.8. The smallest absolute Gasteiger partial charge is 0.407 e. The molecule has 0 aliphatic carbocycles. The van der Waals surface area contributed by atoms with Gasteiger partial charge in [0.05, 0.1) is 36.0 Å². The van der Waals surface area contributed by atoms with Gasteiger partial charge in [0.1, 0.15) is 12.1 Å². The number of nitrogens with one attached hydrogen (secondary N) is 4. The van der Waals surface area contributed by atoms with Crippen molar-refractivity contribution < 1.29 is 48.1 Å². The van der Waals surface area contributed by atoms with E-state index in [-0.39, 0.29) is 43.9 Å². The molecule has 15 nitrogen and oxygen atoms in total. The highest BCUT2D eigenvalue weighted by Gasteiger charge is 2.52. The highest BCUT2D eigenvalue weighted by atomic mass is 32.2. The van der Waals surface area contributed by atoms with Gasteiger partial charge in [-0.05, 0) is 59.3 Å². The number of aliphatic carboxylic acids is 1. The molecule has 334 valence electrons. The second-order valence-electron chi connectivity index (χ2n) is 16.9. The van der Waals surface area contributed by atoms with Crippen LogP contribution in [0.5, 0.6) is 0 Å². The first-order valence-electron chi connectivity index (χ1n) is 20.8. The Morgan fingerprint density at radius 2 is 1.57 bits per heavy atom. The van der Waals surface area contributed by atoms with Crippen LogP contribution >= 0.6 is 23.5 Å². The molecule has 4 rings (SSSR count). The minimum Gasteiger partial charge on any atom is -0.479 e. The number of likely N-dealkylation sites (tertiary alicyclic amines) is 1. The van der Waals surface area contributed by atoms with Crippen molar-refractivity contribution in [3.05, 3.63) is 71.3 Å². The average molecular weight is 884 g/mol. The highest BCUT2D eigenvalue weighted by Crippen LogP contribution is 2.50. The monoisotopic (exact) mass is 883 g/mol. The summed E-state index contributed by atoms with van der Waals surface area (Å²) < 4.78 is 11.1. The Morgan fingerprint density at radius 3 is 2.16 bits per heavy atom. The van der Waals surface area contributed by atoms with E-state index >= 15 is 0 Å². The summed E-state index contributed by atoms with van der Waals surface area (Å²) in [6, 6.07) is 11.0. The number of nitrogens with zero attached hydrogens (tertiary/aromatic N) is 1. The van der Waals surface area contributed by atoms with E-state index < -0.39 is 82.4 Å². The number of carboxylic acid groups (broad SMARTS) is 1. The maximum absolute atomic E-state index is 14.8. The summed E-state index contributed by atoms with van der Waals surface area (Å²) in [4.78, 5) is 94.8. The van der Waals surface area contributed by atoms with Gasteiger partial charge in [0.2, 0.25) is 23.5 Å². The van der Waals surface area contributed by atoms with Crippen LogP contribution in [0.25, 0.3) is 0 Å². The number of amides is 5. The lowest BCUT2D eigenvalue weighted by Crippen LogP contribution is -2.59. The summed E-state index contributed by atoms with van der Waals surface area (Å²) in [6.07, 6.45) is 0.0391. The number of Topliss-reactive ketones (excluding diaryl/α,β-unsaturated/α-hetero) is 1. The SMILES string of the molecule is CCCC(NC(=O)[C@@H]1CC2(CN1C(=O)[C@@H](NC(=O)OCC(C)C)C(C)OCc1ccc(C(C)(C)C)cc1)SCCCS2)C(=O)C(=O)NCC(=O)N[C@H](C(=O)O)c1ccccc1. The van der Waals surface area contributed by atoms with E-state index in [2.05, 4.69) is 42.0 Å². The third-order valence-electron chi connectivity index (χ3n) is 10.3. The van der Waals surface area contributed by atoms with Gasteiger partial charge in [-0.15, -0.1) is 23.5 Å². The predicted octanol–water partition coefficient (Wildman–Crippen LogP) is 4.72. The van der Waals surface area contributed by atoms with E-state index in [1.165, 1.54) is 17.0 Å². The minimum absolute atomic E-state index is 0.0401. The molecule has 0 aromatic heterocycles. The van der Waals surface area contributed by atoms with Crippen LogP contribution in [-0.4, -0.2) is 111 Å². The first kappa shape index (κ1) is 49.0. The Morgan fingerprint density at radius 1 is 0.918 bits per heavy atom. The molecule has 1 spiro atoms. The van der Waals surface area contributed by atoms with Gasteiger partial charge >= 0.3 is 12.1 Å². The zero-order valence-corrected chi connectivity index (χ0v) is 37.7. The second-order valence-corrected chi connectivity index (χ2v) is 20.1. The largest absolute Gasteiger partial charge is 0.479 e. The second kappa shape index (κ2) is 22.5. The van der Waals surface area contributed by atoms with Crippen molar-refractivity contribution in [2.24, 2.45) is 5.92 Å². The highest BCUT2D eigenvalue weighted by molar-refractivity contribution is 8.18. The molecular formula is C44H61N5O10S2. The van der Waals surface area contributed by atoms with Crippen LogP contribution in [0.3, 0.4) is 0 Å². The molecule has 5 N–H and O–H groups in total. The number of benzene rings is 2. The summed E-state index contributed by atoms with van der Waals surface area (Å²) in [5.41, 5.74) is 2.30. The topological polar surface area (TPSA) is 210 Å². The summed E-state index contributed by atoms with van der Waals surface area (Å²) in [7, 11) is 0. The van der Waals surface area contributed by atoms with Crippen LogP contribution in [0.4, 0.5) is 4.79 Å². The van der Waals surface area contributed by atoms with Crippen molar-refractivity contribution in [1.82, 2.24) is 26.2 Å². The van der Waals surface area contributed by atoms with Crippen LogP contribution in [0.15, 0.2) is 54.6 Å². The molecule has 2 unspecified atom stereocenters. The lowest BCUT2D eigenvalue weighted by atomic mass is 9.87. The molecule has 2 aromatic carbocycles. The number of thioether (sulfide) groups is 2. The molecule has 0 saturated carbocycles. The number of hydrogen-bond acceptors (Lipinski definition) is 11. The summed E-state index contributed by atoms with van der Waals surface area (Å²) in [6.45, 7) is 13.4. The molecule has 2 aliphatic heterocycles. The molecule has 61 heavy (non-hydrogen) atoms. The van der Waals surface area contributed by atoms with Crippen molar-refractivity contribution in [2.75, 3.05) is 31.2 Å². The van der Waals surface area contributed by atoms with Gasteiger partial charge in [0, 0.05) is 13.0 Å². The van der Waals surface area contributed by atoms with Gasteiger partial charge in [-0.2, -0.15) is 0 Å². The van der Waals surface area contributed by atoms with Gasteiger partial charge in [0.25, 0.3) is 5.91 Å². The number of rotatable bonds is 19. The quantitative estimate of drug-likeness (QED) is 0.122. The van der Waals surface area contributed by atoms with Crippen molar-refractivity contribution in [2.45, 2.75) is 121 Å². The van der Waals surface area contributed by atoms with E-state index in [9.17, 15) is 38.7 Å². The number of ether oxygens (including phenoxy) is 2. The Balaban J connectivity index is 1.51. The Hall–Kier alpha value is -4.61. The third-order valence-corrected chi connectivity index (χ3v) is 13.7. The minimum atomic E-state index is -1.38. The van der Waals surface area contributed by atoms with Crippen molar-refractivity contribution in [1.29, 1.82) is 0 Å². The fourth-order valence-electron chi connectivity index (χ4n) is 6.90. The zero-order valence-electron chi connectivity index (χ0n) is 36.1.